The van der Waals surface area contributed by atoms with E-state index in [2.05, 4.69) is 13.8 Å². The van der Waals surface area contributed by atoms with E-state index in [-0.39, 0.29) is 35.8 Å². The second-order valence-electron chi connectivity index (χ2n) is 9.03. The molecule has 0 amide bonds. The van der Waals surface area contributed by atoms with E-state index in [0.29, 0.717) is 18.8 Å². The molecule has 1 heterocycles. The number of fused-ring (bicyclic) bond motifs is 3. The van der Waals surface area contributed by atoms with Gasteiger partial charge in [0.2, 0.25) is 15.8 Å². The molecule has 3 rings (SSSR count). The summed E-state index contributed by atoms with van der Waals surface area (Å²) in [6, 6.07) is -0.239. The molecule has 2 aliphatic carbocycles. The van der Waals surface area contributed by atoms with Gasteiger partial charge in [-0.25, -0.2) is 13.2 Å². The van der Waals surface area contributed by atoms with Gasteiger partial charge in [-0.15, -0.1) is 0 Å². The summed E-state index contributed by atoms with van der Waals surface area (Å²) in [6.07, 6.45) is 2.26. The number of hydrogen-bond donors (Lipinski definition) is 0. The van der Waals surface area contributed by atoms with E-state index >= 15 is 0 Å². The van der Waals surface area contributed by atoms with Gasteiger partial charge >= 0.3 is 5.97 Å². The van der Waals surface area contributed by atoms with Crippen LogP contribution in [-0.4, -0.2) is 48.9 Å². The fraction of sp³-hybridized carbons (Fsp3) is 0.944. The molecule has 0 aromatic rings. The van der Waals surface area contributed by atoms with Gasteiger partial charge in [0, 0.05) is 18.5 Å². The predicted octanol–water partition coefficient (Wildman–Crippen LogP) is 2.53. The van der Waals surface area contributed by atoms with Crippen LogP contribution in [0.25, 0.3) is 0 Å². The summed E-state index contributed by atoms with van der Waals surface area (Å²) < 4.78 is 39.9. The van der Waals surface area contributed by atoms with Crippen molar-refractivity contribution in [1.82, 2.24) is 4.31 Å². The van der Waals surface area contributed by atoms with Crippen LogP contribution in [0.5, 0.6) is 0 Å². The maximum absolute atomic E-state index is 13.4. The summed E-state index contributed by atoms with van der Waals surface area (Å²) in [6.45, 7) is 11.7. The fourth-order valence-corrected chi connectivity index (χ4v) is 8.59. The van der Waals surface area contributed by atoms with Crippen LogP contribution in [0.15, 0.2) is 0 Å². The number of rotatable bonds is 5. The zero-order valence-corrected chi connectivity index (χ0v) is 17.0. The average molecular weight is 374 g/mol. The molecule has 6 nitrogen and oxygen atoms in total. The quantitative estimate of drug-likeness (QED) is 0.693. The van der Waals surface area contributed by atoms with Gasteiger partial charge in [0.05, 0.1) is 11.2 Å². The Kier molecular flexibility index (Phi) is 4.33. The molecule has 0 aromatic heterocycles. The van der Waals surface area contributed by atoms with Gasteiger partial charge in [-0.05, 0) is 51.9 Å². The van der Waals surface area contributed by atoms with Crippen molar-refractivity contribution in [1.29, 1.82) is 0 Å². The molecule has 25 heavy (non-hydrogen) atoms. The number of hydrogen-bond acceptors (Lipinski definition) is 5. The van der Waals surface area contributed by atoms with E-state index in [1.54, 1.807) is 4.31 Å². The van der Waals surface area contributed by atoms with E-state index in [4.69, 9.17) is 9.47 Å². The molecule has 1 saturated heterocycles. The highest BCUT2D eigenvalue weighted by atomic mass is 32.2. The monoisotopic (exact) mass is 373 g/mol. The molecule has 2 saturated carbocycles. The molecule has 0 N–H and O–H groups in total. The molecule has 7 heteroatoms. The van der Waals surface area contributed by atoms with E-state index in [1.165, 1.54) is 0 Å². The Balaban J connectivity index is 2.04. The molecule has 0 unspecified atom stereocenters. The van der Waals surface area contributed by atoms with Gasteiger partial charge in [0.25, 0.3) is 0 Å². The number of ether oxygens (including phenoxy) is 2. The van der Waals surface area contributed by atoms with E-state index in [0.717, 1.165) is 6.42 Å². The molecule has 3 atom stereocenters. The first kappa shape index (κ1) is 19.1. The smallest absolute Gasteiger partial charge is 0.334 e. The molecule has 1 aliphatic heterocycles. The van der Waals surface area contributed by atoms with Gasteiger partial charge in [0.1, 0.15) is 6.61 Å². The normalized spacial score (nSPS) is 37.0. The third-order valence-corrected chi connectivity index (χ3v) is 9.23. The van der Waals surface area contributed by atoms with Crippen LogP contribution in [0.2, 0.25) is 0 Å². The third-order valence-electron chi connectivity index (χ3n) is 6.89. The highest BCUT2D eigenvalue weighted by molar-refractivity contribution is 7.89. The molecule has 3 fully saturated rings. The van der Waals surface area contributed by atoms with Crippen LogP contribution in [0, 0.1) is 16.7 Å². The maximum Gasteiger partial charge on any atom is 0.334 e. The number of sulfonamides is 1. The molecular formula is C18H31NO5S. The molecule has 1 spiro atoms. The number of nitrogens with zero attached hydrogens (tertiary/aromatic N) is 1. The summed E-state index contributed by atoms with van der Waals surface area (Å²) >= 11 is 0. The van der Waals surface area contributed by atoms with E-state index in [9.17, 15) is 13.2 Å². The van der Waals surface area contributed by atoms with Crippen molar-refractivity contribution in [3.8, 4) is 0 Å². The first-order chi connectivity index (χ1) is 11.4. The highest BCUT2D eigenvalue weighted by Crippen LogP contribution is 2.72. The van der Waals surface area contributed by atoms with Crippen molar-refractivity contribution >= 4 is 16.0 Å². The van der Waals surface area contributed by atoms with Gasteiger partial charge in [0.15, 0.2) is 0 Å². The zero-order chi connectivity index (χ0) is 18.8. The summed E-state index contributed by atoms with van der Waals surface area (Å²) in [4.78, 5) is 11.8. The number of carbonyl (C=O) groups excluding carboxylic acids is 1. The molecular weight excluding hydrogens is 342 g/mol. The summed E-state index contributed by atoms with van der Waals surface area (Å²) in [5.41, 5.74) is -0.956. The first-order valence-corrected chi connectivity index (χ1v) is 10.9. The Hall–Kier alpha value is -0.660. The van der Waals surface area contributed by atoms with Crippen LogP contribution in [0.4, 0.5) is 0 Å². The lowest BCUT2D eigenvalue weighted by Gasteiger charge is -2.47. The van der Waals surface area contributed by atoms with E-state index in [1.807, 2.05) is 27.7 Å². The van der Waals surface area contributed by atoms with Crippen molar-refractivity contribution in [3.63, 3.8) is 0 Å². The summed E-state index contributed by atoms with van der Waals surface area (Å²) in [7, 11) is -3.54. The van der Waals surface area contributed by atoms with Gasteiger partial charge in [-0.1, -0.05) is 13.8 Å². The standard InChI is InChI=1S/C18H31NO5S/c1-12(2)19(13(3)4)25(21,22)11-17-8-7-14(16(17,5)6)9-18(17)23-10-15(20)24-18/h12-14H,7-11H2,1-6H3/t14-,17+,18+/m1/s1. The van der Waals surface area contributed by atoms with Crippen molar-refractivity contribution in [3.05, 3.63) is 0 Å². The summed E-state index contributed by atoms with van der Waals surface area (Å²) in [5.74, 6) is -1.19. The second-order valence-corrected chi connectivity index (χ2v) is 10.9. The van der Waals surface area contributed by atoms with Crippen molar-refractivity contribution in [2.45, 2.75) is 78.7 Å². The fourth-order valence-electron chi connectivity index (χ4n) is 5.80. The Labute approximate surface area is 151 Å². The van der Waals surface area contributed by atoms with Crippen LogP contribution >= 0.6 is 0 Å². The average Bonchev–Trinajstić information content (AvgIpc) is 2.96. The molecule has 2 bridgehead atoms. The van der Waals surface area contributed by atoms with Crippen LogP contribution < -0.4 is 0 Å². The summed E-state index contributed by atoms with van der Waals surface area (Å²) in [5, 5.41) is 0. The van der Waals surface area contributed by atoms with Crippen molar-refractivity contribution in [2.24, 2.45) is 16.7 Å². The van der Waals surface area contributed by atoms with Gasteiger partial charge in [-0.2, -0.15) is 4.31 Å². The molecule has 3 aliphatic rings. The number of carbonyl (C=O) groups is 1. The predicted molar refractivity (Wildman–Crippen MR) is 94.2 cm³/mol. The Morgan fingerprint density at radius 2 is 1.80 bits per heavy atom. The van der Waals surface area contributed by atoms with Gasteiger partial charge in [-0.3, -0.25) is 0 Å². The van der Waals surface area contributed by atoms with Crippen LogP contribution in [-0.2, 0) is 24.3 Å². The molecule has 144 valence electrons. The van der Waals surface area contributed by atoms with Crippen molar-refractivity contribution in [2.75, 3.05) is 12.4 Å². The lowest BCUT2D eigenvalue weighted by atomic mass is 9.68. The minimum absolute atomic E-state index is 0.0346. The topological polar surface area (TPSA) is 72.9 Å². The first-order valence-electron chi connectivity index (χ1n) is 9.25. The number of esters is 1. The molecule has 0 aromatic carbocycles. The minimum Gasteiger partial charge on any atom is -0.431 e. The lowest BCUT2D eigenvalue weighted by Crippen LogP contribution is -2.57. The van der Waals surface area contributed by atoms with E-state index < -0.39 is 21.2 Å². The Bertz CT molecular complexity index is 663. The second kappa shape index (κ2) is 5.67. The SMILES string of the molecule is CC(C)N(C(C)C)S(=O)(=O)C[C@]12CC[C@H](C[C@@]13OCC(=O)O3)C2(C)C. The lowest BCUT2D eigenvalue weighted by molar-refractivity contribution is -0.233. The van der Waals surface area contributed by atoms with Crippen LogP contribution in [0.3, 0.4) is 0 Å². The molecule has 0 radical (unpaired) electrons. The zero-order valence-electron chi connectivity index (χ0n) is 16.2. The van der Waals surface area contributed by atoms with Crippen LogP contribution in [0.1, 0.15) is 60.8 Å². The van der Waals surface area contributed by atoms with Gasteiger partial charge < -0.3 is 9.47 Å². The third kappa shape index (κ3) is 2.49. The largest absolute Gasteiger partial charge is 0.431 e. The Morgan fingerprint density at radius 3 is 2.24 bits per heavy atom. The highest BCUT2D eigenvalue weighted by Gasteiger charge is 2.76. The maximum atomic E-state index is 13.4. The minimum atomic E-state index is -3.54. The van der Waals surface area contributed by atoms with Crippen molar-refractivity contribution < 1.29 is 22.7 Å². The Morgan fingerprint density at radius 1 is 1.20 bits per heavy atom.